The minimum absolute atomic E-state index is 0.0976. The summed E-state index contributed by atoms with van der Waals surface area (Å²) >= 11 is 0. The largest absolute Gasteiger partial charge is 0.496 e. The van der Waals surface area contributed by atoms with E-state index in [2.05, 4.69) is 0 Å². The highest BCUT2D eigenvalue weighted by atomic mass is 16.5. The molecule has 0 bridgehead atoms. The van der Waals surface area contributed by atoms with E-state index >= 15 is 0 Å². The van der Waals surface area contributed by atoms with Gasteiger partial charge in [0.1, 0.15) is 17.1 Å². The van der Waals surface area contributed by atoms with Gasteiger partial charge in [-0.15, -0.1) is 0 Å². The number of hydrogen-bond donors (Lipinski definition) is 1. The number of benzene rings is 1. The topological polar surface area (TPSA) is 55.8 Å². The van der Waals surface area contributed by atoms with Crippen LogP contribution in [0, 0.1) is 0 Å². The minimum Gasteiger partial charge on any atom is -0.496 e. The fraction of sp³-hybridized carbons (Fsp3) is 0.417. The monoisotopic (exact) mass is 224 g/mol. The van der Waals surface area contributed by atoms with Crippen molar-refractivity contribution in [3.8, 4) is 11.5 Å². The van der Waals surface area contributed by atoms with Crippen molar-refractivity contribution < 1.29 is 19.4 Å². The molecule has 1 aromatic carbocycles. The molecule has 16 heavy (non-hydrogen) atoms. The molecular formula is C12H16O4. The van der Waals surface area contributed by atoms with Crippen molar-refractivity contribution >= 4 is 5.97 Å². The number of carbonyl (C=O) groups is 1. The second-order valence-corrected chi connectivity index (χ2v) is 3.50. The Balaban J connectivity index is 2.95. The Bertz CT molecular complexity index is 373. The Morgan fingerprint density at radius 3 is 2.69 bits per heavy atom. The van der Waals surface area contributed by atoms with Gasteiger partial charge in [0, 0.05) is 6.07 Å². The first kappa shape index (κ1) is 12.4. The molecule has 0 aliphatic carbocycles. The molecule has 1 N–H and O–H groups in total. The molecule has 0 aliphatic heterocycles. The van der Waals surface area contributed by atoms with Gasteiger partial charge in [0.15, 0.2) is 0 Å². The number of hydrogen-bond acceptors (Lipinski definition) is 3. The van der Waals surface area contributed by atoms with Gasteiger partial charge in [0.2, 0.25) is 0 Å². The van der Waals surface area contributed by atoms with Crippen molar-refractivity contribution in [2.45, 2.75) is 26.4 Å². The lowest BCUT2D eigenvalue weighted by Crippen LogP contribution is -2.10. The van der Waals surface area contributed by atoms with Crippen LogP contribution in [-0.2, 0) is 0 Å². The Labute approximate surface area is 94.8 Å². The zero-order valence-corrected chi connectivity index (χ0v) is 9.69. The van der Waals surface area contributed by atoms with E-state index < -0.39 is 5.97 Å². The van der Waals surface area contributed by atoms with Crippen LogP contribution in [0.15, 0.2) is 18.2 Å². The number of carboxylic acids is 1. The second kappa shape index (κ2) is 5.39. The third-order valence-corrected chi connectivity index (χ3v) is 2.32. The molecule has 1 aromatic rings. The number of ether oxygens (including phenoxy) is 2. The van der Waals surface area contributed by atoms with Crippen LogP contribution in [0.1, 0.15) is 30.6 Å². The van der Waals surface area contributed by atoms with Crippen LogP contribution in [0.2, 0.25) is 0 Å². The molecule has 0 aliphatic rings. The summed E-state index contributed by atoms with van der Waals surface area (Å²) in [5, 5.41) is 8.89. The molecule has 0 fully saturated rings. The normalized spacial score (nSPS) is 11.9. The summed E-state index contributed by atoms with van der Waals surface area (Å²) in [7, 11) is 1.44. The van der Waals surface area contributed by atoms with Gasteiger partial charge >= 0.3 is 5.97 Å². The Morgan fingerprint density at radius 2 is 2.19 bits per heavy atom. The van der Waals surface area contributed by atoms with Crippen LogP contribution in [0.3, 0.4) is 0 Å². The van der Waals surface area contributed by atoms with Crippen molar-refractivity contribution in [1.82, 2.24) is 0 Å². The molecule has 0 saturated carbocycles. The average Bonchev–Trinajstić information content (AvgIpc) is 2.28. The first-order valence-electron chi connectivity index (χ1n) is 5.16. The van der Waals surface area contributed by atoms with E-state index in [1.54, 1.807) is 12.1 Å². The summed E-state index contributed by atoms with van der Waals surface area (Å²) in [5.74, 6) is -0.0727. The van der Waals surface area contributed by atoms with Crippen molar-refractivity contribution in [2.24, 2.45) is 0 Å². The van der Waals surface area contributed by atoms with Gasteiger partial charge in [-0.25, -0.2) is 4.79 Å². The molecule has 0 heterocycles. The predicted octanol–water partition coefficient (Wildman–Crippen LogP) is 2.57. The molecule has 1 rings (SSSR count). The van der Waals surface area contributed by atoms with Gasteiger partial charge in [-0.1, -0.05) is 6.92 Å². The minimum atomic E-state index is -1.01. The maximum Gasteiger partial charge on any atom is 0.339 e. The van der Waals surface area contributed by atoms with E-state index in [-0.39, 0.29) is 11.7 Å². The smallest absolute Gasteiger partial charge is 0.339 e. The molecule has 0 amide bonds. The highest BCUT2D eigenvalue weighted by Gasteiger charge is 2.12. The summed E-state index contributed by atoms with van der Waals surface area (Å²) in [4.78, 5) is 10.8. The van der Waals surface area contributed by atoms with Crippen molar-refractivity contribution in [2.75, 3.05) is 7.11 Å². The van der Waals surface area contributed by atoms with Crippen LogP contribution in [0.25, 0.3) is 0 Å². The van der Waals surface area contributed by atoms with Gasteiger partial charge in [-0.2, -0.15) is 0 Å². The maximum atomic E-state index is 10.8. The number of carboxylic acid groups (broad SMARTS) is 1. The molecule has 0 radical (unpaired) electrons. The lowest BCUT2D eigenvalue weighted by Gasteiger charge is -2.14. The molecule has 88 valence electrons. The quantitative estimate of drug-likeness (QED) is 0.835. The summed E-state index contributed by atoms with van der Waals surface area (Å²) in [6, 6.07) is 4.71. The van der Waals surface area contributed by atoms with Gasteiger partial charge in [0.25, 0.3) is 0 Å². The molecule has 0 spiro atoms. The van der Waals surface area contributed by atoms with Gasteiger partial charge in [-0.05, 0) is 25.5 Å². The molecule has 0 aromatic heterocycles. The highest BCUT2D eigenvalue weighted by Crippen LogP contribution is 2.25. The summed E-state index contributed by atoms with van der Waals surface area (Å²) in [6.45, 7) is 3.98. The maximum absolute atomic E-state index is 10.8. The van der Waals surface area contributed by atoms with E-state index in [1.165, 1.54) is 13.2 Å². The lowest BCUT2D eigenvalue weighted by molar-refractivity contribution is 0.0693. The summed E-state index contributed by atoms with van der Waals surface area (Å²) < 4.78 is 10.6. The highest BCUT2D eigenvalue weighted by molar-refractivity contribution is 5.91. The van der Waals surface area contributed by atoms with Crippen molar-refractivity contribution in [1.29, 1.82) is 0 Å². The van der Waals surface area contributed by atoms with Gasteiger partial charge in [-0.3, -0.25) is 0 Å². The SMILES string of the molecule is CC[C@@H](C)Oc1ccc(C(=O)O)c(OC)c1. The molecule has 0 saturated heterocycles. The Hall–Kier alpha value is -1.71. The van der Waals surface area contributed by atoms with Crippen LogP contribution in [-0.4, -0.2) is 24.3 Å². The van der Waals surface area contributed by atoms with Gasteiger partial charge in [0.05, 0.1) is 13.2 Å². The average molecular weight is 224 g/mol. The molecule has 4 heteroatoms. The van der Waals surface area contributed by atoms with Crippen molar-refractivity contribution in [3.63, 3.8) is 0 Å². The lowest BCUT2D eigenvalue weighted by atomic mass is 10.2. The zero-order valence-electron chi connectivity index (χ0n) is 9.69. The van der Waals surface area contributed by atoms with Crippen LogP contribution < -0.4 is 9.47 Å². The fourth-order valence-electron chi connectivity index (χ4n) is 1.24. The van der Waals surface area contributed by atoms with E-state index in [9.17, 15) is 4.79 Å². The predicted molar refractivity (Wildman–Crippen MR) is 60.3 cm³/mol. The summed E-state index contributed by atoms with van der Waals surface area (Å²) in [5.41, 5.74) is 0.138. The van der Waals surface area contributed by atoms with E-state index in [0.29, 0.717) is 11.5 Å². The molecule has 0 unspecified atom stereocenters. The second-order valence-electron chi connectivity index (χ2n) is 3.50. The van der Waals surface area contributed by atoms with Crippen LogP contribution in [0.4, 0.5) is 0 Å². The number of rotatable bonds is 5. The molecule has 4 nitrogen and oxygen atoms in total. The first-order chi connectivity index (χ1) is 7.58. The molecule has 1 atom stereocenters. The van der Waals surface area contributed by atoms with E-state index in [1.807, 2.05) is 13.8 Å². The van der Waals surface area contributed by atoms with Crippen molar-refractivity contribution in [3.05, 3.63) is 23.8 Å². The standard InChI is InChI=1S/C12H16O4/c1-4-8(2)16-9-5-6-10(12(13)14)11(7-9)15-3/h5-8H,4H2,1-3H3,(H,13,14)/t8-/m1/s1. The number of aromatic carboxylic acids is 1. The van der Waals surface area contributed by atoms with Gasteiger partial charge < -0.3 is 14.6 Å². The zero-order chi connectivity index (χ0) is 12.1. The third kappa shape index (κ3) is 2.89. The Kier molecular flexibility index (Phi) is 4.17. The third-order valence-electron chi connectivity index (χ3n) is 2.32. The van der Waals surface area contributed by atoms with Crippen LogP contribution >= 0.6 is 0 Å². The van der Waals surface area contributed by atoms with Crippen LogP contribution in [0.5, 0.6) is 11.5 Å². The Morgan fingerprint density at radius 1 is 1.50 bits per heavy atom. The number of methoxy groups -OCH3 is 1. The summed E-state index contributed by atoms with van der Waals surface area (Å²) in [6.07, 6.45) is 0.989. The first-order valence-corrected chi connectivity index (χ1v) is 5.16. The van der Waals surface area contributed by atoms with E-state index in [0.717, 1.165) is 6.42 Å². The molecular weight excluding hydrogens is 208 g/mol. The fourth-order valence-corrected chi connectivity index (χ4v) is 1.24. The van der Waals surface area contributed by atoms with E-state index in [4.69, 9.17) is 14.6 Å².